The largest absolute Gasteiger partial charge is 0.472 e. The lowest BCUT2D eigenvalue weighted by Crippen LogP contribution is -2.69. The summed E-state index contributed by atoms with van der Waals surface area (Å²) >= 11 is 0. The first-order valence-electron chi connectivity index (χ1n) is 40.0. The van der Waals surface area contributed by atoms with Gasteiger partial charge in [-0.2, -0.15) is 0 Å². The number of phosphoric ester groups is 1. The van der Waals surface area contributed by atoms with Crippen LogP contribution in [0.5, 0.6) is 0 Å². The van der Waals surface area contributed by atoms with Crippen LogP contribution in [-0.4, -0.2) is 204 Å². The fourth-order valence-electron chi connectivity index (χ4n) is 13.3. The molecule has 594 valence electrons. The Morgan fingerprint density at radius 1 is 0.376 bits per heavy atom. The van der Waals surface area contributed by atoms with E-state index in [2.05, 4.69) is 32.9 Å². The summed E-state index contributed by atoms with van der Waals surface area (Å²) < 4.78 is 65.2. The first kappa shape index (κ1) is 92.9. The molecule has 1 saturated carbocycles. The molecule has 24 nitrogen and oxygen atoms in total. The van der Waals surface area contributed by atoms with Crippen LogP contribution >= 0.6 is 7.82 Å². The van der Waals surface area contributed by atoms with Crippen molar-refractivity contribution in [1.82, 2.24) is 0 Å². The molecular weight excluding hydrogens is 1330 g/mol. The number of rotatable bonds is 63. The summed E-state index contributed by atoms with van der Waals surface area (Å²) in [5.41, 5.74) is 0. The zero-order valence-corrected chi connectivity index (χ0v) is 63.1. The first-order valence-corrected chi connectivity index (χ1v) is 41.5. The van der Waals surface area contributed by atoms with Gasteiger partial charge in [0.2, 0.25) is 0 Å². The second-order valence-electron chi connectivity index (χ2n) is 28.8. The maximum absolute atomic E-state index is 14.4. The zero-order chi connectivity index (χ0) is 73.9. The Balaban J connectivity index is 1.71. The van der Waals surface area contributed by atoms with Gasteiger partial charge < -0.3 is 89.1 Å². The Morgan fingerprint density at radius 3 is 1.08 bits per heavy atom. The summed E-state index contributed by atoms with van der Waals surface area (Å²) in [7, 11) is -5.70. The monoisotopic (exact) mass is 1470 g/mol. The van der Waals surface area contributed by atoms with Crippen LogP contribution < -0.4 is 0 Å². The van der Waals surface area contributed by atoms with Gasteiger partial charge in [-0.25, -0.2) is 4.57 Å². The molecule has 1 aliphatic carbocycles. The highest BCUT2D eigenvalue weighted by atomic mass is 31.2. The predicted molar refractivity (Wildman–Crippen MR) is 384 cm³/mol. The number of unbranched alkanes of at least 4 members (excludes halogenated alkanes) is 40. The van der Waals surface area contributed by atoms with Gasteiger partial charge in [0.25, 0.3) is 0 Å². The van der Waals surface area contributed by atoms with Crippen molar-refractivity contribution >= 4 is 25.7 Å². The lowest BCUT2D eigenvalue weighted by Gasteiger charge is -2.49. The van der Waals surface area contributed by atoms with Crippen LogP contribution in [0.15, 0.2) is 12.2 Å². The predicted octanol–water partition coefficient (Wildman–Crippen LogP) is 11.9. The minimum absolute atomic E-state index is 0.0249. The quantitative estimate of drug-likeness (QED) is 0.00886. The third-order valence-corrected chi connectivity index (χ3v) is 20.8. The van der Waals surface area contributed by atoms with Crippen LogP contribution in [0.25, 0.3) is 0 Å². The van der Waals surface area contributed by atoms with Gasteiger partial charge in [0.1, 0.15) is 98.7 Å². The van der Waals surface area contributed by atoms with Gasteiger partial charge in [-0.05, 0) is 44.9 Å². The van der Waals surface area contributed by atoms with E-state index in [4.69, 9.17) is 42.2 Å². The summed E-state index contributed by atoms with van der Waals surface area (Å²) in [5, 5.41) is 110. The van der Waals surface area contributed by atoms with Gasteiger partial charge in [0, 0.05) is 19.3 Å². The van der Waals surface area contributed by atoms with Gasteiger partial charge in [-0.1, -0.05) is 270 Å². The molecule has 0 aromatic heterocycles. The molecule has 25 heteroatoms. The maximum atomic E-state index is 14.4. The average Bonchev–Trinajstić information content (AvgIpc) is 0.762. The van der Waals surface area contributed by atoms with Crippen molar-refractivity contribution in [2.75, 3.05) is 26.4 Å². The van der Waals surface area contributed by atoms with Crippen molar-refractivity contribution in [2.24, 2.45) is 0 Å². The Hall–Kier alpha value is -2.30. The standard InChI is InChI=1S/C76H141O24P/c1-4-7-10-13-16-19-22-25-28-31-33-35-38-41-44-47-50-60(78)92-54-57(95-62(80)52-49-46-43-40-37-34-30-27-24-21-18-15-12-9-6-3)55-94-101(90,91)100-74-72(98-75-70(88)65(83)63(81)58(53-77)96-75)68(86)67(85)69(87)73(74)99-76-71(89)66(84)64(82)59(97-76)56-93-61(79)51-48-45-42-39-36-32-29-26-23-20-17-14-11-8-5-2/h20,23,57-59,63-77,81-89H,4-19,21-22,24-56H2,1-3H3,(H,90,91)/b23-20-. The first-order chi connectivity index (χ1) is 48.8. The number of aliphatic hydroxyl groups is 10. The van der Waals surface area contributed by atoms with Crippen molar-refractivity contribution in [3.05, 3.63) is 12.2 Å². The van der Waals surface area contributed by atoms with Crippen molar-refractivity contribution in [2.45, 2.75) is 427 Å². The molecule has 11 N–H and O–H groups in total. The zero-order valence-electron chi connectivity index (χ0n) is 62.2. The van der Waals surface area contributed by atoms with E-state index in [1.54, 1.807) is 0 Å². The average molecular weight is 1470 g/mol. The number of hydrogen-bond donors (Lipinski definition) is 11. The fourth-order valence-corrected chi connectivity index (χ4v) is 14.2. The number of esters is 3. The molecule has 101 heavy (non-hydrogen) atoms. The van der Waals surface area contributed by atoms with E-state index in [0.717, 1.165) is 109 Å². The highest BCUT2D eigenvalue weighted by Gasteiger charge is 2.58. The van der Waals surface area contributed by atoms with Gasteiger partial charge in [-0.15, -0.1) is 0 Å². The van der Waals surface area contributed by atoms with E-state index in [-0.39, 0.29) is 19.3 Å². The Labute approximate surface area is 605 Å². The summed E-state index contributed by atoms with van der Waals surface area (Å²) in [5.74, 6) is -1.98. The molecular formula is C76H141O24P. The Morgan fingerprint density at radius 2 is 0.693 bits per heavy atom. The smallest absolute Gasteiger partial charge is 0.463 e. The molecule has 0 amide bonds. The summed E-state index contributed by atoms with van der Waals surface area (Å²) in [6.07, 6.45) is 18.2. The molecule has 2 aliphatic heterocycles. The van der Waals surface area contributed by atoms with Crippen LogP contribution in [0.2, 0.25) is 0 Å². The maximum Gasteiger partial charge on any atom is 0.472 e. The van der Waals surface area contributed by atoms with Crippen LogP contribution in [0, 0.1) is 0 Å². The highest BCUT2D eigenvalue weighted by molar-refractivity contribution is 7.47. The van der Waals surface area contributed by atoms with E-state index >= 15 is 0 Å². The SMILES string of the molecule is CCCCCC/C=C\CCCCCCCCCC(=O)OCC1OC(OC2C(O)C(O)C(O)C(OC3OC(CO)C(O)C(O)C3O)C2OP(=O)(O)OCC(COC(=O)CCCCCCCCCCCCCCCCCC)OC(=O)CCCCCCCCCCCCCCCCC)C(O)C(O)C1O. The van der Waals surface area contributed by atoms with E-state index in [1.165, 1.54) is 154 Å². The summed E-state index contributed by atoms with van der Waals surface area (Å²) in [6.45, 7) is 3.48. The topological polar surface area (TPSA) is 374 Å². The normalized spacial score (nSPS) is 27.2. The molecule has 0 aromatic carbocycles. The van der Waals surface area contributed by atoms with Gasteiger partial charge in [-0.3, -0.25) is 23.4 Å². The number of allylic oxidation sites excluding steroid dienone is 2. The molecule has 2 saturated heterocycles. The van der Waals surface area contributed by atoms with Crippen LogP contribution in [-0.2, 0) is 61.2 Å². The number of aliphatic hydroxyl groups excluding tert-OH is 10. The van der Waals surface area contributed by atoms with Crippen molar-refractivity contribution in [1.29, 1.82) is 0 Å². The molecule has 0 spiro atoms. The van der Waals surface area contributed by atoms with Crippen LogP contribution in [0.1, 0.15) is 323 Å². The molecule has 2 heterocycles. The van der Waals surface area contributed by atoms with E-state index in [0.29, 0.717) is 19.3 Å². The molecule has 3 aliphatic rings. The Kier molecular flexibility index (Phi) is 53.2. The van der Waals surface area contributed by atoms with Gasteiger partial charge in [0.05, 0.1) is 13.2 Å². The Bertz CT molecular complexity index is 2130. The minimum atomic E-state index is -5.70. The summed E-state index contributed by atoms with van der Waals surface area (Å²) in [4.78, 5) is 51.1. The molecule has 18 unspecified atom stereocenters. The van der Waals surface area contributed by atoms with Crippen molar-refractivity contribution in [3.63, 3.8) is 0 Å². The third-order valence-electron chi connectivity index (χ3n) is 19.8. The second kappa shape index (κ2) is 57.8. The number of phosphoric acid groups is 1. The molecule has 0 bridgehead atoms. The lowest BCUT2D eigenvalue weighted by atomic mass is 9.84. The molecule has 0 aromatic rings. The number of carbonyl (C=O) groups excluding carboxylic acids is 3. The highest BCUT2D eigenvalue weighted by Crippen LogP contribution is 2.49. The summed E-state index contributed by atoms with van der Waals surface area (Å²) in [6, 6.07) is 0. The van der Waals surface area contributed by atoms with Crippen molar-refractivity contribution < 1.29 is 117 Å². The minimum Gasteiger partial charge on any atom is -0.463 e. The second-order valence-corrected chi connectivity index (χ2v) is 30.2. The van der Waals surface area contributed by atoms with E-state index in [9.17, 15) is 74.9 Å². The number of carbonyl (C=O) groups is 3. The van der Waals surface area contributed by atoms with Gasteiger partial charge >= 0.3 is 25.7 Å². The lowest BCUT2D eigenvalue weighted by molar-refractivity contribution is -0.360. The van der Waals surface area contributed by atoms with E-state index < -0.39 is 156 Å². The van der Waals surface area contributed by atoms with E-state index in [1.807, 2.05) is 0 Å². The van der Waals surface area contributed by atoms with Crippen LogP contribution in [0.3, 0.4) is 0 Å². The third kappa shape index (κ3) is 40.5. The van der Waals surface area contributed by atoms with Gasteiger partial charge in [0.15, 0.2) is 18.7 Å². The molecule has 3 rings (SSSR count). The molecule has 18 atom stereocenters. The fraction of sp³-hybridized carbons (Fsp3) is 0.934. The number of hydrogen-bond acceptors (Lipinski definition) is 23. The molecule has 3 fully saturated rings. The van der Waals surface area contributed by atoms with Crippen molar-refractivity contribution in [3.8, 4) is 0 Å². The molecule has 0 radical (unpaired) electrons. The van der Waals surface area contributed by atoms with Crippen LogP contribution in [0.4, 0.5) is 0 Å². The number of ether oxygens (including phenoxy) is 7.